The number of Topliss-reactive ketones (excluding diaryl/α,β-unsaturated/α-hetero) is 1. The third-order valence-electron chi connectivity index (χ3n) is 9.04. The van der Waals surface area contributed by atoms with Crippen LogP contribution in [0.2, 0.25) is 0 Å². The smallest absolute Gasteiger partial charge is 0.264 e. The summed E-state index contributed by atoms with van der Waals surface area (Å²) in [6.07, 6.45) is 4.66. The van der Waals surface area contributed by atoms with Crippen molar-refractivity contribution in [1.82, 2.24) is 14.7 Å². The van der Waals surface area contributed by atoms with Crippen LogP contribution in [0.15, 0.2) is 42.5 Å². The Kier molecular flexibility index (Phi) is 13.0. The lowest BCUT2D eigenvalue weighted by Gasteiger charge is -2.34. The summed E-state index contributed by atoms with van der Waals surface area (Å²) in [6, 6.07) is 14.5. The number of piperidine rings is 1. The van der Waals surface area contributed by atoms with Crippen molar-refractivity contribution in [1.29, 1.82) is 0 Å². The van der Waals surface area contributed by atoms with E-state index >= 15 is 0 Å². The molecule has 0 radical (unpaired) electrons. The fourth-order valence-electron chi connectivity index (χ4n) is 6.56. The maximum absolute atomic E-state index is 12.9. The minimum absolute atomic E-state index is 0.109. The average molecular weight is 632 g/mol. The first-order valence-electron chi connectivity index (χ1n) is 15.7. The molecule has 10 nitrogen and oxygen atoms in total. The van der Waals surface area contributed by atoms with E-state index in [-0.39, 0.29) is 24.1 Å². The molecule has 2 fully saturated rings. The summed E-state index contributed by atoms with van der Waals surface area (Å²) in [5, 5.41) is 8.77. The number of carbonyl (C=O) groups excluding carboxylic acids is 1. The molecule has 2 aromatic carbocycles. The Hall–Kier alpha value is -2.54. The van der Waals surface area contributed by atoms with Crippen LogP contribution in [0.5, 0.6) is 11.5 Å². The van der Waals surface area contributed by atoms with Gasteiger partial charge in [0.05, 0.1) is 26.6 Å². The molecule has 1 atom stereocenters. The number of β-amino-alcohol motifs (C(OH)–C–C–N with tert-alkyl or cyclic N) is 1. The zero-order valence-corrected chi connectivity index (χ0v) is 27.0. The molecule has 44 heavy (non-hydrogen) atoms. The number of benzene rings is 2. The molecule has 0 amide bonds. The van der Waals surface area contributed by atoms with E-state index in [0.29, 0.717) is 36.9 Å². The number of nitrogens with zero attached hydrogens (tertiary/aromatic N) is 3. The Morgan fingerprint density at radius 3 is 2.07 bits per heavy atom. The molecule has 2 aliphatic heterocycles. The van der Waals surface area contributed by atoms with Crippen molar-refractivity contribution in [2.24, 2.45) is 11.8 Å². The standard InChI is InChI=1S/C24H29NO3.C9H20N2O4S/c1-27-22-14-19-13-20(24(26)21(19)15-23(22)28-2)12-17-8-10-25(11-9-17)16-18-6-4-3-5-7-18;12-8-7-11-5-3-10(4-6-11)2-1-9-16(13,14)15/h3-7,14-15,17,20H,8-13,16H2,1-2H3;12H,1-9H2,(H,13,14,15). The highest BCUT2D eigenvalue weighted by molar-refractivity contribution is 7.85. The van der Waals surface area contributed by atoms with Crippen molar-refractivity contribution in [2.45, 2.75) is 38.6 Å². The Labute approximate surface area is 262 Å². The Morgan fingerprint density at radius 2 is 1.48 bits per heavy atom. The third-order valence-corrected chi connectivity index (χ3v) is 9.85. The number of hydrogen-bond acceptors (Lipinski definition) is 9. The SMILES string of the molecule is COc1cc2c(cc1OC)C(=O)C(CC1CCN(Cc3ccccc3)CC1)C2.O=S(=O)(O)CCCN1CCN(CCO)CC1. The van der Waals surface area contributed by atoms with Gasteiger partial charge in [-0.1, -0.05) is 30.3 Å². The van der Waals surface area contributed by atoms with Gasteiger partial charge in [-0.15, -0.1) is 0 Å². The summed E-state index contributed by atoms with van der Waals surface area (Å²) in [5.74, 6) is 2.22. The molecule has 2 heterocycles. The Bertz CT molecular complexity index is 1290. The average Bonchev–Trinajstić information content (AvgIpc) is 3.32. The minimum Gasteiger partial charge on any atom is -0.493 e. The van der Waals surface area contributed by atoms with Crippen molar-refractivity contribution in [2.75, 3.05) is 78.9 Å². The van der Waals surface area contributed by atoms with Gasteiger partial charge in [0.1, 0.15) is 0 Å². The van der Waals surface area contributed by atoms with E-state index in [1.165, 1.54) is 18.4 Å². The highest BCUT2D eigenvalue weighted by Crippen LogP contribution is 2.39. The summed E-state index contributed by atoms with van der Waals surface area (Å²) in [7, 11) is -0.558. The quantitative estimate of drug-likeness (QED) is 0.338. The third kappa shape index (κ3) is 10.3. The molecule has 2 saturated heterocycles. The first-order valence-corrected chi connectivity index (χ1v) is 17.4. The zero-order valence-electron chi connectivity index (χ0n) is 26.2. The van der Waals surface area contributed by atoms with Crippen LogP contribution < -0.4 is 9.47 Å². The van der Waals surface area contributed by atoms with Crippen LogP contribution in [0.4, 0.5) is 0 Å². The van der Waals surface area contributed by atoms with Gasteiger partial charge in [-0.3, -0.25) is 19.1 Å². The van der Waals surface area contributed by atoms with Crippen molar-refractivity contribution >= 4 is 15.9 Å². The van der Waals surface area contributed by atoms with Crippen LogP contribution in [-0.4, -0.2) is 117 Å². The first-order chi connectivity index (χ1) is 21.2. The highest BCUT2D eigenvalue weighted by atomic mass is 32.2. The number of piperazine rings is 1. The summed E-state index contributed by atoms with van der Waals surface area (Å²) >= 11 is 0. The van der Waals surface area contributed by atoms with Crippen LogP contribution >= 0.6 is 0 Å². The molecule has 0 aromatic heterocycles. The molecule has 0 saturated carbocycles. The molecular formula is C33H49N3O7S. The van der Waals surface area contributed by atoms with Crippen molar-refractivity contribution in [3.63, 3.8) is 0 Å². The molecule has 244 valence electrons. The van der Waals surface area contributed by atoms with E-state index in [0.717, 1.165) is 69.8 Å². The van der Waals surface area contributed by atoms with Gasteiger partial charge in [0.2, 0.25) is 0 Å². The van der Waals surface area contributed by atoms with Gasteiger partial charge >= 0.3 is 0 Å². The second-order valence-corrected chi connectivity index (χ2v) is 13.7. The van der Waals surface area contributed by atoms with E-state index in [4.69, 9.17) is 19.1 Å². The zero-order chi connectivity index (χ0) is 31.5. The summed E-state index contributed by atoms with van der Waals surface area (Å²) in [6.45, 7) is 8.47. The largest absolute Gasteiger partial charge is 0.493 e. The highest BCUT2D eigenvalue weighted by Gasteiger charge is 2.34. The van der Waals surface area contributed by atoms with Crippen LogP contribution in [-0.2, 0) is 23.1 Å². The maximum Gasteiger partial charge on any atom is 0.264 e. The van der Waals surface area contributed by atoms with E-state index < -0.39 is 10.1 Å². The number of hydrogen-bond donors (Lipinski definition) is 2. The van der Waals surface area contributed by atoms with Gasteiger partial charge < -0.3 is 19.5 Å². The number of aliphatic hydroxyl groups is 1. The molecule has 11 heteroatoms. The van der Waals surface area contributed by atoms with Crippen molar-refractivity contribution < 1.29 is 32.3 Å². The summed E-state index contributed by atoms with van der Waals surface area (Å²) < 4.78 is 40.4. The second kappa shape index (κ2) is 16.7. The molecule has 0 spiro atoms. The van der Waals surface area contributed by atoms with Crippen LogP contribution in [0.1, 0.15) is 47.2 Å². The first kappa shape index (κ1) is 34.3. The van der Waals surface area contributed by atoms with Crippen molar-refractivity contribution in [3.8, 4) is 11.5 Å². The van der Waals surface area contributed by atoms with Gasteiger partial charge in [-0.2, -0.15) is 8.42 Å². The summed E-state index contributed by atoms with van der Waals surface area (Å²) in [5.41, 5.74) is 3.31. The van der Waals surface area contributed by atoms with Crippen LogP contribution in [0, 0.1) is 11.8 Å². The lowest BCUT2D eigenvalue weighted by molar-refractivity contribution is 0.0895. The molecule has 1 unspecified atom stereocenters. The number of carbonyl (C=O) groups is 1. The number of ether oxygens (including phenoxy) is 2. The number of fused-ring (bicyclic) bond motifs is 1. The topological polar surface area (TPSA) is 120 Å². The van der Waals surface area contributed by atoms with Gasteiger partial charge in [0, 0.05) is 50.7 Å². The lowest BCUT2D eigenvalue weighted by atomic mass is 9.85. The van der Waals surface area contributed by atoms with E-state index in [2.05, 4.69) is 45.0 Å². The second-order valence-electron chi connectivity index (χ2n) is 12.1. The van der Waals surface area contributed by atoms with Crippen LogP contribution in [0.3, 0.4) is 0 Å². The Morgan fingerprint density at radius 1 is 0.864 bits per heavy atom. The van der Waals surface area contributed by atoms with E-state index in [1.807, 2.05) is 12.1 Å². The number of ketones is 1. The van der Waals surface area contributed by atoms with Crippen LogP contribution in [0.25, 0.3) is 0 Å². The van der Waals surface area contributed by atoms with Crippen molar-refractivity contribution in [3.05, 3.63) is 59.2 Å². The summed E-state index contributed by atoms with van der Waals surface area (Å²) in [4.78, 5) is 19.8. The van der Waals surface area contributed by atoms with Gasteiger partial charge in [-0.05, 0) is 80.9 Å². The number of aliphatic hydroxyl groups excluding tert-OH is 1. The molecule has 3 aliphatic rings. The fraction of sp³-hybridized carbons (Fsp3) is 0.606. The van der Waals surface area contributed by atoms with E-state index in [1.54, 1.807) is 14.2 Å². The number of methoxy groups -OCH3 is 2. The van der Waals surface area contributed by atoms with E-state index in [9.17, 15) is 13.2 Å². The predicted octanol–water partition coefficient (Wildman–Crippen LogP) is 3.24. The number of likely N-dealkylation sites (tertiary alicyclic amines) is 1. The van der Waals surface area contributed by atoms with Gasteiger partial charge in [0.15, 0.2) is 17.3 Å². The monoisotopic (exact) mass is 631 g/mol. The minimum atomic E-state index is -3.81. The molecule has 1 aliphatic carbocycles. The molecule has 2 N–H and O–H groups in total. The van der Waals surface area contributed by atoms with Gasteiger partial charge in [0.25, 0.3) is 10.1 Å². The lowest BCUT2D eigenvalue weighted by Crippen LogP contribution is -2.47. The number of rotatable bonds is 12. The molecule has 0 bridgehead atoms. The molecular weight excluding hydrogens is 582 g/mol. The predicted molar refractivity (Wildman–Crippen MR) is 171 cm³/mol. The molecule has 5 rings (SSSR count). The van der Waals surface area contributed by atoms with Gasteiger partial charge in [-0.25, -0.2) is 0 Å². The fourth-order valence-corrected chi connectivity index (χ4v) is 7.05. The maximum atomic E-state index is 12.9. The Balaban J connectivity index is 0.000000236. The molecule has 2 aromatic rings. The normalized spacial score (nSPS) is 20.2.